The molecule has 1 aromatic carbocycles. The normalized spacial score (nSPS) is 12.9. The predicted molar refractivity (Wildman–Crippen MR) is 64.0 cm³/mol. The molecule has 0 amide bonds. The Hall–Kier alpha value is -0.470. The topological polar surface area (TPSA) is 20.2 Å². The third-order valence-corrected chi connectivity index (χ3v) is 3.16. The van der Waals surface area contributed by atoms with E-state index in [0.717, 1.165) is 12.2 Å². The molecule has 0 radical (unpaired) electrons. The van der Waals surface area contributed by atoms with Crippen LogP contribution >= 0.6 is 11.8 Å². The fraction of sp³-hybridized carbons (Fsp3) is 0.500. The highest BCUT2D eigenvalue weighted by atomic mass is 32.2. The lowest BCUT2D eigenvalue weighted by atomic mass is 9.98. The molecule has 0 bridgehead atoms. The van der Waals surface area contributed by atoms with Crippen LogP contribution in [0.2, 0.25) is 0 Å². The Morgan fingerprint density at radius 3 is 2.36 bits per heavy atom. The largest absolute Gasteiger partial charge is 0.392 e. The summed E-state index contributed by atoms with van der Waals surface area (Å²) in [4.78, 5) is 0. The van der Waals surface area contributed by atoms with Crippen molar-refractivity contribution >= 4 is 11.8 Å². The average molecular weight is 210 g/mol. The van der Waals surface area contributed by atoms with E-state index in [1.54, 1.807) is 11.8 Å². The zero-order valence-corrected chi connectivity index (χ0v) is 9.90. The molecule has 1 N–H and O–H groups in total. The number of hydrogen-bond donors (Lipinski definition) is 1. The Kier molecular flexibility index (Phi) is 4.49. The van der Waals surface area contributed by atoms with Gasteiger partial charge < -0.3 is 5.11 Å². The molecule has 0 heterocycles. The molecular formula is C12H18OS. The van der Waals surface area contributed by atoms with Crippen molar-refractivity contribution < 1.29 is 5.11 Å². The molecule has 1 nitrogen and oxygen atoms in total. The maximum absolute atomic E-state index is 9.73. The van der Waals surface area contributed by atoms with Crippen LogP contribution in [-0.4, -0.2) is 23.2 Å². The summed E-state index contributed by atoms with van der Waals surface area (Å²) in [6.07, 6.45) is 2.58. The molecule has 0 aliphatic rings. The minimum Gasteiger partial charge on any atom is -0.392 e. The van der Waals surface area contributed by atoms with Crippen molar-refractivity contribution in [2.45, 2.75) is 26.4 Å². The smallest absolute Gasteiger partial charge is 0.0670 e. The van der Waals surface area contributed by atoms with Crippen LogP contribution in [0.3, 0.4) is 0 Å². The number of thioether (sulfide) groups is 1. The van der Waals surface area contributed by atoms with Crippen LogP contribution in [-0.2, 0) is 6.42 Å². The first-order chi connectivity index (χ1) is 6.65. The van der Waals surface area contributed by atoms with Crippen LogP contribution < -0.4 is 0 Å². The lowest BCUT2D eigenvalue weighted by molar-refractivity contribution is 0.200. The highest BCUT2D eigenvalue weighted by Crippen LogP contribution is 2.16. The molecule has 1 atom stereocenters. The maximum atomic E-state index is 9.73. The molecule has 0 saturated heterocycles. The second-order valence-electron chi connectivity index (χ2n) is 3.68. The number of benzene rings is 1. The summed E-state index contributed by atoms with van der Waals surface area (Å²) < 4.78 is 0. The molecule has 0 saturated carbocycles. The van der Waals surface area contributed by atoms with E-state index in [-0.39, 0.29) is 6.10 Å². The Balaban J connectivity index is 2.75. The van der Waals surface area contributed by atoms with Gasteiger partial charge in [-0.2, -0.15) is 11.8 Å². The van der Waals surface area contributed by atoms with Crippen molar-refractivity contribution in [3.8, 4) is 0 Å². The summed E-state index contributed by atoms with van der Waals surface area (Å²) in [6.45, 7) is 4.21. The second-order valence-corrected chi connectivity index (χ2v) is 4.59. The number of aliphatic hydroxyl groups excluding tert-OH is 1. The molecule has 14 heavy (non-hydrogen) atoms. The van der Waals surface area contributed by atoms with Crippen molar-refractivity contribution in [3.63, 3.8) is 0 Å². The molecule has 1 unspecified atom stereocenters. The Bertz CT molecular complexity index is 276. The van der Waals surface area contributed by atoms with Gasteiger partial charge in [-0.15, -0.1) is 0 Å². The van der Waals surface area contributed by atoms with Gasteiger partial charge in [0.15, 0.2) is 0 Å². The highest BCUT2D eigenvalue weighted by Gasteiger charge is 2.08. The van der Waals surface area contributed by atoms with Crippen molar-refractivity contribution in [1.82, 2.24) is 0 Å². The van der Waals surface area contributed by atoms with Gasteiger partial charge in [0, 0.05) is 5.75 Å². The van der Waals surface area contributed by atoms with Gasteiger partial charge in [0.1, 0.15) is 0 Å². The van der Waals surface area contributed by atoms with Crippen molar-refractivity contribution in [1.29, 1.82) is 0 Å². The predicted octanol–water partition coefficient (Wildman–Crippen LogP) is 2.57. The van der Waals surface area contributed by atoms with Gasteiger partial charge in [-0.25, -0.2) is 0 Å². The highest BCUT2D eigenvalue weighted by molar-refractivity contribution is 7.98. The van der Waals surface area contributed by atoms with Gasteiger partial charge in [-0.3, -0.25) is 0 Å². The van der Waals surface area contributed by atoms with Crippen LogP contribution in [0.15, 0.2) is 18.2 Å². The Labute approximate surface area is 90.5 Å². The summed E-state index contributed by atoms with van der Waals surface area (Å²) in [6, 6.07) is 6.28. The summed E-state index contributed by atoms with van der Waals surface area (Å²) in [7, 11) is 0. The first-order valence-corrected chi connectivity index (χ1v) is 6.26. The van der Waals surface area contributed by atoms with Crippen LogP contribution in [0.4, 0.5) is 0 Å². The molecule has 2 heteroatoms. The van der Waals surface area contributed by atoms with E-state index in [9.17, 15) is 5.11 Å². The fourth-order valence-electron chi connectivity index (χ4n) is 1.66. The van der Waals surface area contributed by atoms with E-state index in [2.05, 4.69) is 32.0 Å². The van der Waals surface area contributed by atoms with Crippen LogP contribution in [0.25, 0.3) is 0 Å². The molecular weight excluding hydrogens is 192 g/mol. The van der Waals surface area contributed by atoms with E-state index in [0.29, 0.717) is 0 Å². The first-order valence-electron chi connectivity index (χ1n) is 4.87. The number of aliphatic hydroxyl groups is 1. The molecule has 1 aromatic rings. The molecule has 0 aliphatic heterocycles. The standard InChI is InChI=1S/C12H18OS/c1-9-5-4-6-10(2)12(9)7-11(13)8-14-3/h4-6,11,13H,7-8H2,1-3H3. The minimum absolute atomic E-state index is 0.218. The van der Waals surface area contributed by atoms with E-state index in [4.69, 9.17) is 0 Å². The van der Waals surface area contributed by atoms with Gasteiger partial charge in [-0.05, 0) is 43.2 Å². The summed E-state index contributed by atoms with van der Waals surface area (Å²) >= 11 is 1.69. The lowest BCUT2D eigenvalue weighted by Gasteiger charge is -2.13. The van der Waals surface area contributed by atoms with E-state index >= 15 is 0 Å². The monoisotopic (exact) mass is 210 g/mol. The zero-order chi connectivity index (χ0) is 10.6. The summed E-state index contributed by atoms with van der Waals surface area (Å²) in [5.74, 6) is 0.813. The SMILES string of the molecule is CSCC(O)Cc1c(C)cccc1C. The van der Waals surface area contributed by atoms with Crippen LogP contribution in [0.1, 0.15) is 16.7 Å². The zero-order valence-electron chi connectivity index (χ0n) is 9.08. The Morgan fingerprint density at radius 2 is 1.86 bits per heavy atom. The molecule has 0 aromatic heterocycles. The summed E-state index contributed by atoms with van der Waals surface area (Å²) in [5, 5.41) is 9.73. The number of hydrogen-bond acceptors (Lipinski definition) is 2. The van der Waals surface area contributed by atoms with Gasteiger partial charge in [0.2, 0.25) is 0 Å². The van der Waals surface area contributed by atoms with E-state index in [1.807, 2.05) is 6.26 Å². The van der Waals surface area contributed by atoms with E-state index in [1.165, 1.54) is 16.7 Å². The second kappa shape index (κ2) is 5.42. The third-order valence-electron chi connectivity index (χ3n) is 2.44. The van der Waals surface area contributed by atoms with Crippen LogP contribution in [0.5, 0.6) is 0 Å². The van der Waals surface area contributed by atoms with Crippen molar-refractivity contribution in [3.05, 3.63) is 34.9 Å². The lowest BCUT2D eigenvalue weighted by Crippen LogP contribution is -2.14. The van der Waals surface area contributed by atoms with Gasteiger partial charge in [0.05, 0.1) is 6.10 Å². The van der Waals surface area contributed by atoms with Gasteiger partial charge in [-0.1, -0.05) is 18.2 Å². The molecule has 0 aliphatic carbocycles. The number of rotatable bonds is 4. The average Bonchev–Trinajstić information content (AvgIpc) is 2.12. The van der Waals surface area contributed by atoms with Crippen LogP contribution in [0, 0.1) is 13.8 Å². The van der Waals surface area contributed by atoms with Crippen molar-refractivity contribution in [2.24, 2.45) is 0 Å². The quantitative estimate of drug-likeness (QED) is 0.824. The molecule has 0 fully saturated rings. The third kappa shape index (κ3) is 3.03. The first kappa shape index (κ1) is 11.6. The molecule has 0 spiro atoms. The molecule has 78 valence electrons. The fourth-order valence-corrected chi connectivity index (χ4v) is 2.16. The van der Waals surface area contributed by atoms with Gasteiger partial charge >= 0.3 is 0 Å². The number of aryl methyl sites for hydroxylation is 2. The summed E-state index contributed by atoms with van der Waals surface area (Å²) in [5.41, 5.74) is 3.87. The van der Waals surface area contributed by atoms with Crippen molar-refractivity contribution in [2.75, 3.05) is 12.0 Å². The van der Waals surface area contributed by atoms with E-state index < -0.39 is 0 Å². The Morgan fingerprint density at radius 1 is 1.29 bits per heavy atom. The minimum atomic E-state index is -0.218. The van der Waals surface area contributed by atoms with Gasteiger partial charge in [0.25, 0.3) is 0 Å². The maximum Gasteiger partial charge on any atom is 0.0670 e. The molecule has 1 rings (SSSR count).